The zero-order valence-electron chi connectivity index (χ0n) is 19.5. The fourth-order valence-electron chi connectivity index (χ4n) is 3.60. The smallest absolute Gasteiger partial charge is 0.326 e. The van der Waals surface area contributed by atoms with Gasteiger partial charge in [0.1, 0.15) is 18.1 Å². The number of rotatable bonds is 15. The zero-order chi connectivity index (χ0) is 25.8. The number of aromatic nitrogens is 2. The van der Waals surface area contributed by atoms with Gasteiger partial charge in [-0.05, 0) is 44.2 Å². The summed E-state index contributed by atoms with van der Waals surface area (Å²) >= 11 is 1.44. The molecule has 13 nitrogen and oxygen atoms in total. The molecule has 14 heteroatoms. The normalized spacial score (nSPS) is 17.7. The molecular formula is C21H33N7O6S. The number of amides is 4. The number of primary amides is 1. The van der Waals surface area contributed by atoms with Crippen LogP contribution >= 0.6 is 11.8 Å². The van der Waals surface area contributed by atoms with E-state index in [1.807, 2.05) is 6.26 Å². The molecule has 0 spiro atoms. The third-order valence-electron chi connectivity index (χ3n) is 5.53. The minimum absolute atomic E-state index is 0.00705. The number of hydrogen-bond donors (Lipinski definition) is 7. The predicted octanol–water partition coefficient (Wildman–Crippen LogP) is -1.74. The van der Waals surface area contributed by atoms with Crippen molar-refractivity contribution in [1.29, 1.82) is 0 Å². The summed E-state index contributed by atoms with van der Waals surface area (Å²) in [5.74, 6) is -3.07. The lowest BCUT2D eigenvalue weighted by Crippen LogP contribution is -2.57. The number of thioether (sulfide) groups is 1. The van der Waals surface area contributed by atoms with Gasteiger partial charge >= 0.3 is 5.97 Å². The molecule has 35 heavy (non-hydrogen) atoms. The second kappa shape index (κ2) is 14.3. The molecule has 0 radical (unpaired) electrons. The van der Waals surface area contributed by atoms with Gasteiger partial charge in [0.2, 0.25) is 23.6 Å². The summed E-state index contributed by atoms with van der Waals surface area (Å²) in [6.07, 6.45) is 6.17. The van der Waals surface area contributed by atoms with Crippen LogP contribution in [0.2, 0.25) is 0 Å². The van der Waals surface area contributed by atoms with E-state index in [0.717, 1.165) is 6.42 Å². The lowest BCUT2D eigenvalue weighted by atomic mass is 10.1. The number of aliphatic carboxylic acids is 1. The van der Waals surface area contributed by atoms with Gasteiger partial charge in [0, 0.05) is 24.7 Å². The molecule has 8 N–H and O–H groups in total. The van der Waals surface area contributed by atoms with Crippen LogP contribution < -0.4 is 27.0 Å². The standard InChI is InChI=1S/C21H33N7O6S/c1-35-8-6-15(21(33)34)27-20(32)16(9-12-10-23-11-25-12)28-19(31)14(4-5-17(22)29)26-18(30)13-3-2-7-24-13/h10-11,13-16,24H,2-9H2,1H3,(H2,22,29)(H,23,25)(H,26,30)(H,27,32)(H,28,31)(H,33,34). The molecule has 0 aromatic carbocycles. The van der Waals surface area contributed by atoms with Crippen molar-refractivity contribution in [3.8, 4) is 0 Å². The Hall–Kier alpha value is -3.13. The third kappa shape index (κ3) is 9.56. The molecule has 1 fully saturated rings. The van der Waals surface area contributed by atoms with Crippen molar-refractivity contribution in [3.05, 3.63) is 18.2 Å². The number of nitrogens with two attached hydrogens (primary N) is 1. The van der Waals surface area contributed by atoms with Crippen LogP contribution in [0, 0.1) is 0 Å². The van der Waals surface area contributed by atoms with E-state index >= 15 is 0 Å². The summed E-state index contributed by atoms with van der Waals surface area (Å²) in [6.45, 7) is 0.684. The second-order valence-electron chi connectivity index (χ2n) is 8.24. The Balaban J connectivity index is 2.15. The molecule has 0 bridgehead atoms. The van der Waals surface area contributed by atoms with Crippen LogP contribution in [-0.2, 0) is 30.4 Å². The first-order chi connectivity index (χ1) is 16.7. The quantitative estimate of drug-likeness (QED) is 0.142. The number of carbonyl (C=O) groups excluding carboxylic acids is 4. The number of aromatic amines is 1. The first kappa shape index (κ1) is 28.1. The average molecular weight is 512 g/mol. The van der Waals surface area contributed by atoms with Crippen molar-refractivity contribution in [3.63, 3.8) is 0 Å². The van der Waals surface area contributed by atoms with Crippen molar-refractivity contribution in [2.75, 3.05) is 18.6 Å². The minimum Gasteiger partial charge on any atom is -0.480 e. The van der Waals surface area contributed by atoms with Crippen LogP contribution in [0.15, 0.2) is 12.5 Å². The third-order valence-corrected chi connectivity index (χ3v) is 6.17. The van der Waals surface area contributed by atoms with Crippen LogP contribution in [0.25, 0.3) is 0 Å². The van der Waals surface area contributed by atoms with Crippen LogP contribution in [-0.4, -0.2) is 87.4 Å². The van der Waals surface area contributed by atoms with E-state index in [1.165, 1.54) is 24.3 Å². The molecule has 1 aliphatic heterocycles. The van der Waals surface area contributed by atoms with Crippen LogP contribution in [0.3, 0.4) is 0 Å². The predicted molar refractivity (Wildman–Crippen MR) is 128 cm³/mol. The summed E-state index contributed by atoms with van der Waals surface area (Å²) < 4.78 is 0. The lowest BCUT2D eigenvalue weighted by Gasteiger charge is -2.25. The number of hydrogen-bond acceptors (Lipinski definition) is 8. The van der Waals surface area contributed by atoms with E-state index in [-0.39, 0.29) is 31.6 Å². The monoisotopic (exact) mass is 511 g/mol. The number of carboxylic acids is 1. The van der Waals surface area contributed by atoms with Crippen molar-refractivity contribution in [1.82, 2.24) is 31.2 Å². The van der Waals surface area contributed by atoms with Crippen LogP contribution in [0.4, 0.5) is 0 Å². The number of H-pyrrole nitrogens is 1. The molecule has 4 atom stereocenters. The Labute approximate surface area is 207 Å². The van der Waals surface area contributed by atoms with Gasteiger partial charge in [-0.3, -0.25) is 19.2 Å². The van der Waals surface area contributed by atoms with E-state index in [9.17, 15) is 29.1 Å². The molecule has 1 aliphatic rings. The molecule has 4 unspecified atom stereocenters. The summed E-state index contributed by atoms with van der Waals surface area (Å²) in [5, 5.41) is 20.2. The van der Waals surface area contributed by atoms with Gasteiger partial charge in [-0.25, -0.2) is 9.78 Å². The molecule has 4 amide bonds. The fourth-order valence-corrected chi connectivity index (χ4v) is 4.07. The fraction of sp³-hybridized carbons (Fsp3) is 0.619. The number of carboxylic acid groups (broad SMARTS) is 1. The highest BCUT2D eigenvalue weighted by Crippen LogP contribution is 2.08. The first-order valence-electron chi connectivity index (χ1n) is 11.3. The maximum absolute atomic E-state index is 13.1. The van der Waals surface area contributed by atoms with Gasteiger partial charge < -0.3 is 37.1 Å². The van der Waals surface area contributed by atoms with Crippen molar-refractivity contribution in [2.24, 2.45) is 5.73 Å². The second-order valence-corrected chi connectivity index (χ2v) is 9.22. The molecule has 1 aromatic heterocycles. The summed E-state index contributed by atoms with van der Waals surface area (Å²) in [7, 11) is 0. The van der Waals surface area contributed by atoms with Gasteiger partial charge in [0.05, 0.1) is 12.4 Å². The van der Waals surface area contributed by atoms with Crippen molar-refractivity contribution >= 4 is 41.4 Å². The van der Waals surface area contributed by atoms with E-state index in [1.54, 1.807) is 0 Å². The van der Waals surface area contributed by atoms with E-state index in [4.69, 9.17) is 5.73 Å². The van der Waals surface area contributed by atoms with Gasteiger partial charge in [-0.2, -0.15) is 11.8 Å². The van der Waals surface area contributed by atoms with Gasteiger partial charge in [-0.1, -0.05) is 0 Å². The Kier molecular flexibility index (Phi) is 11.5. The Morgan fingerprint density at radius 3 is 2.43 bits per heavy atom. The lowest BCUT2D eigenvalue weighted by molar-refractivity contribution is -0.142. The van der Waals surface area contributed by atoms with Gasteiger partial charge in [-0.15, -0.1) is 0 Å². The summed E-state index contributed by atoms with van der Waals surface area (Å²) in [4.78, 5) is 68.3. The molecule has 2 heterocycles. The molecule has 2 rings (SSSR count). The van der Waals surface area contributed by atoms with Crippen LogP contribution in [0.1, 0.15) is 37.8 Å². The highest BCUT2D eigenvalue weighted by molar-refractivity contribution is 7.98. The molecule has 1 saturated heterocycles. The summed E-state index contributed by atoms with van der Waals surface area (Å²) in [5.41, 5.74) is 5.76. The van der Waals surface area contributed by atoms with Gasteiger partial charge in [0.15, 0.2) is 0 Å². The Morgan fingerprint density at radius 2 is 1.86 bits per heavy atom. The molecular weight excluding hydrogens is 478 g/mol. The topological polar surface area (TPSA) is 208 Å². The number of imidazole rings is 1. The maximum atomic E-state index is 13.1. The summed E-state index contributed by atoms with van der Waals surface area (Å²) in [6, 6.07) is -3.84. The Bertz CT molecular complexity index is 876. The number of nitrogens with one attached hydrogen (secondary N) is 5. The van der Waals surface area contributed by atoms with E-state index in [0.29, 0.717) is 24.4 Å². The van der Waals surface area contributed by atoms with Crippen LogP contribution in [0.5, 0.6) is 0 Å². The number of nitrogens with zero attached hydrogens (tertiary/aromatic N) is 1. The minimum atomic E-state index is -1.19. The molecule has 1 aromatic rings. The highest BCUT2D eigenvalue weighted by atomic mass is 32.2. The van der Waals surface area contributed by atoms with Crippen molar-refractivity contribution < 1.29 is 29.1 Å². The molecule has 0 aliphatic carbocycles. The molecule has 194 valence electrons. The van der Waals surface area contributed by atoms with E-state index < -0.39 is 47.9 Å². The first-order valence-corrected chi connectivity index (χ1v) is 12.7. The van der Waals surface area contributed by atoms with E-state index in [2.05, 4.69) is 31.2 Å². The SMILES string of the molecule is CSCCC(NC(=O)C(Cc1cnc[nH]1)NC(=O)C(CCC(N)=O)NC(=O)C1CCCN1)C(=O)O. The largest absolute Gasteiger partial charge is 0.480 e. The zero-order valence-corrected chi connectivity index (χ0v) is 20.4. The average Bonchev–Trinajstić information content (AvgIpc) is 3.52. The van der Waals surface area contributed by atoms with Crippen molar-refractivity contribution in [2.45, 2.75) is 62.7 Å². The Morgan fingerprint density at radius 1 is 1.14 bits per heavy atom. The highest BCUT2D eigenvalue weighted by Gasteiger charge is 2.31. The maximum Gasteiger partial charge on any atom is 0.326 e. The number of carbonyl (C=O) groups is 5. The molecule has 0 saturated carbocycles. The van der Waals surface area contributed by atoms with Gasteiger partial charge in [0.25, 0.3) is 0 Å².